The summed E-state index contributed by atoms with van der Waals surface area (Å²) in [5.41, 5.74) is 2.15. The van der Waals surface area contributed by atoms with Gasteiger partial charge in [0.1, 0.15) is 17.1 Å². The summed E-state index contributed by atoms with van der Waals surface area (Å²) in [7, 11) is 1.68. The number of hydrogen-bond donors (Lipinski definition) is 1. The van der Waals surface area contributed by atoms with Crippen molar-refractivity contribution in [3.63, 3.8) is 0 Å². The summed E-state index contributed by atoms with van der Waals surface area (Å²) < 4.78 is 12.3. The number of methoxy groups -OCH3 is 1. The van der Waals surface area contributed by atoms with Gasteiger partial charge in [0.05, 0.1) is 18.1 Å². The van der Waals surface area contributed by atoms with E-state index in [1.165, 1.54) is 5.56 Å². The highest BCUT2D eigenvalue weighted by Crippen LogP contribution is 2.35. The van der Waals surface area contributed by atoms with Gasteiger partial charge in [0.25, 0.3) is 0 Å². The summed E-state index contributed by atoms with van der Waals surface area (Å²) in [5.74, 6) is 1.86. The van der Waals surface area contributed by atoms with Gasteiger partial charge >= 0.3 is 0 Å². The number of furan rings is 1. The Kier molecular flexibility index (Phi) is 4.53. The van der Waals surface area contributed by atoms with Gasteiger partial charge in [-0.15, -0.1) is 0 Å². The number of nitrogens with one attached hydrogen (secondary N) is 1. The van der Waals surface area contributed by atoms with Crippen molar-refractivity contribution in [1.82, 2.24) is 5.32 Å². The van der Waals surface area contributed by atoms with E-state index in [1.54, 1.807) is 7.11 Å². The second-order valence-corrected chi connectivity index (χ2v) is 5.73. The van der Waals surface area contributed by atoms with Crippen LogP contribution in [0, 0.1) is 0 Å². The molecule has 0 amide bonds. The van der Waals surface area contributed by atoms with Gasteiger partial charge in [-0.25, -0.2) is 0 Å². The molecule has 0 fully saturated rings. The molecule has 0 atom stereocenters. The number of ether oxygens (including phenoxy) is 1. The standard InChI is InChI=1S/C15H20BrNO2/c1-5-11-12-6-10(18-4)7-13(16)15(12)19-14(11)8-17-9(2)3/h6-7,9,17H,5,8H2,1-4H3. The van der Waals surface area contributed by atoms with Crippen LogP contribution in [0.25, 0.3) is 11.0 Å². The molecule has 0 spiro atoms. The highest BCUT2D eigenvalue weighted by atomic mass is 79.9. The third-order valence-electron chi connectivity index (χ3n) is 3.16. The van der Waals surface area contributed by atoms with Crippen molar-refractivity contribution < 1.29 is 9.15 Å². The molecule has 4 heteroatoms. The summed E-state index contributed by atoms with van der Waals surface area (Å²) in [6, 6.07) is 4.42. The Bertz CT molecular complexity index is 575. The molecule has 2 aromatic rings. The van der Waals surface area contributed by atoms with Crippen LogP contribution in [-0.2, 0) is 13.0 Å². The van der Waals surface area contributed by atoms with Crippen LogP contribution >= 0.6 is 15.9 Å². The maximum absolute atomic E-state index is 6.01. The largest absolute Gasteiger partial charge is 0.497 e. The molecule has 1 aromatic carbocycles. The molecule has 0 saturated heterocycles. The molecular weight excluding hydrogens is 306 g/mol. The minimum Gasteiger partial charge on any atom is -0.497 e. The average Bonchev–Trinajstić information content (AvgIpc) is 2.74. The van der Waals surface area contributed by atoms with Crippen molar-refractivity contribution in [2.24, 2.45) is 0 Å². The number of benzene rings is 1. The Morgan fingerprint density at radius 1 is 1.37 bits per heavy atom. The van der Waals surface area contributed by atoms with Crippen LogP contribution in [0.2, 0.25) is 0 Å². The zero-order valence-electron chi connectivity index (χ0n) is 11.8. The van der Waals surface area contributed by atoms with Crippen LogP contribution in [0.4, 0.5) is 0 Å². The monoisotopic (exact) mass is 325 g/mol. The van der Waals surface area contributed by atoms with E-state index in [2.05, 4.69) is 42.0 Å². The van der Waals surface area contributed by atoms with E-state index in [0.29, 0.717) is 6.04 Å². The van der Waals surface area contributed by atoms with E-state index < -0.39 is 0 Å². The van der Waals surface area contributed by atoms with Gasteiger partial charge in [0.2, 0.25) is 0 Å². The van der Waals surface area contributed by atoms with Crippen LogP contribution in [0.5, 0.6) is 5.75 Å². The quantitative estimate of drug-likeness (QED) is 0.891. The maximum atomic E-state index is 6.01. The van der Waals surface area contributed by atoms with E-state index in [4.69, 9.17) is 9.15 Å². The first-order valence-corrected chi connectivity index (χ1v) is 7.37. The zero-order chi connectivity index (χ0) is 14.0. The maximum Gasteiger partial charge on any atom is 0.149 e. The predicted octanol–water partition coefficient (Wildman–Crippen LogP) is 4.26. The normalized spacial score (nSPS) is 11.5. The van der Waals surface area contributed by atoms with Crippen LogP contribution in [0.15, 0.2) is 21.0 Å². The molecule has 0 aliphatic rings. The fraction of sp³-hybridized carbons (Fsp3) is 0.467. The lowest BCUT2D eigenvalue weighted by Crippen LogP contribution is -2.22. The molecule has 104 valence electrons. The third kappa shape index (κ3) is 2.95. The predicted molar refractivity (Wildman–Crippen MR) is 81.8 cm³/mol. The Hall–Kier alpha value is -1.00. The first kappa shape index (κ1) is 14.4. The summed E-state index contributed by atoms with van der Waals surface area (Å²) in [5, 5.41) is 4.54. The van der Waals surface area contributed by atoms with Gasteiger partial charge in [-0.05, 0) is 34.5 Å². The Labute approximate surface area is 122 Å². The Balaban J connectivity index is 2.51. The van der Waals surface area contributed by atoms with Gasteiger partial charge in [-0.1, -0.05) is 20.8 Å². The van der Waals surface area contributed by atoms with E-state index in [0.717, 1.165) is 39.9 Å². The molecule has 0 bridgehead atoms. The lowest BCUT2D eigenvalue weighted by molar-refractivity contribution is 0.415. The SMILES string of the molecule is CCc1c(CNC(C)C)oc2c(Br)cc(OC)cc12. The molecule has 2 rings (SSSR count). The zero-order valence-corrected chi connectivity index (χ0v) is 13.4. The molecule has 0 saturated carbocycles. The van der Waals surface area contributed by atoms with Gasteiger partial charge in [-0.3, -0.25) is 0 Å². The lowest BCUT2D eigenvalue weighted by Gasteiger charge is -2.06. The van der Waals surface area contributed by atoms with Crippen molar-refractivity contribution in [3.05, 3.63) is 27.9 Å². The summed E-state index contributed by atoms with van der Waals surface area (Å²) in [6.45, 7) is 7.17. The molecule has 0 aliphatic carbocycles. The number of halogens is 1. The second kappa shape index (κ2) is 5.97. The van der Waals surface area contributed by atoms with Crippen molar-refractivity contribution in [2.45, 2.75) is 39.8 Å². The fourth-order valence-corrected chi connectivity index (χ4v) is 2.70. The first-order chi connectivity index (χ1) is 9.06. The summed E-state index contributed by atoms with van der Waals surface area (Å²) in [6.07, 6.45) is 0.946. The fourth-order valence-electron chi connectivity index (χ4n) is 2.18. The second-order valence-electron chi connectivity index (χ2n) is 4.88. The van der Waals surface area contributed by atoms with Crippen LogP contribution in [0.1, 0.15) is 32.1 Å². The first-order valence-electron chi connectivity index (χ1n) is 6.58. The topological polar surface area (TPSA) is 34.4 Å². The molecule has 1 aromatic heterocycles. The van der Waals surface area contributed by atoms with Gasteiger partial charge < -0.3 is 14.5 Å². The molecule has 3 nitrogen and oxygen atoms in total. The van der Waals surface area contributed by atoms with Crippen molar-refractivity contribution in [3.8, 4) is 5.75 Å². The smallest absolute Gasteiger partial charge is 0.149 e. The minimum atomic E-state index is 0.441. The van der Waals surface area contributed by atoms with Crippen molar-refractivity contribution >= 4 is 26.9 Å². The summed E-state index contributed by atoms with van der Waals surface area (Å²) in [4.78, 5) is 0. The molecular formula is C15H20BrNO2. The number of rotatable bonds is 5. The van der Waals surface area contributed by atoms with E-state index in [-0.39, 0.29) is 0 Å². The van der Waals surface area contributed by atoms with Crippen molar-refractivity contribution in [2.75, 3.05) is 7.11 Å². The van der Waals surface area contributed by atoms with Gasteiger partial charge in [0.15, 0.2) is 0 Å². The van der Waals surface area contributed by atoms with Crippen LogP contribution < -0.4 is 10.1 Å². The minimum absolute atomic E-state index is 0.441. The van der Waals surface area contributed by atoms with Gasteiger partial charge in [-0.2, -0.15) is 0 Å². The summed E-state index contributed by atoms with van der Waals surface area (Å²) >= 11 is 3.55. The highest BCUT2D eigenvalue weighted by molar-refractivity contribution is 9.10. The highest BCUT2D eigenvalue weighted by Gasteiger charge is 2.16. The molecule has 19 heavy (non-hydrogen) atoms. The molecule has 0 unspecified atom stereocenters. The van der Waals surface area contributed by atoms with Crippen LogP contribution in [-0.4, -0.2) is 13.2 Å². The lowest BCUT2D eigenvalue weighted by atomic mass is 10.1. The number of aryl methyl sites for hydroxylation is 1. The van der Waals surface area contributed by atoms with Gasteiger partial charge in [0, 0.05) is 17.0 Å². The number of hydrogen-bond acceptors (Lipinski definition) is 3. The Morgan fingerprint density at radius 2 is 2.11 bits per heavy atom. The number of fused-ring (bicyclic) bond motifs is 1. The average molecular weight is 326 g/mol. The third-order valence-corrected chi connectivity index (χ3v) is 3.75. The van der Waals surface area contributed by atoms with Crippen molar-refractivity contribution in [1.29, 1.82) is 0 Å². The van der Waals surface area contributed by atoms with E-state index in [9.17, 15) is 0 Å². The van der Waals surface area contributed by atoms with E-state index in [1.807, 2.05) is 12.1 Å². The molecule has 0 radical (unpaired) electrons. The Morgan fingerprint density at radius 3 is 2.68 bits per heavy atom. The molecule has 1 N–H and O–H groups in total. The van der Waals surface area contributed by atoms with E-state index >= 15 is 0 Å². The molecule has 1 heterocycles. The van der Waals surface area contributed by atoms with Crippen LogP contribution in [0.3, 0.4) is 0 Å². The molecule has 0 aliphatic heterocycles.